The van der Waals surface area contributed by atoms with Crippen LogP contribution in [0.3, 0.4) is 0 Å². The van der Waals surface area contributed by atoms with E-state index in [-0.39, 0.29) is 10.7 Å². The minimum atomic E-state index is -3.44. The summed E-state index contributed by atoms with van der Waals surface area (Å²) in [5.74, 6) is 0.229. The van der Waals surface area contributed by atoms with Gasteiger partial charge in [0.1, 0.15) is 0 Å². The molecular weight excluding hydrogens is 292 g/mol. The second-order valence-corrected chi connectivity index (χ2v) is 6.51. The third kappa shape index (κ3) is 2.31. The van der Waals surface area contributed by atoms with Crippen molar-refractivity contribution >= 4 is 9.84 Å². The van der Waals surface area contributed by atoms with Gasteiger partial charge in [-0.25, -0.2) is 8.42 Å². The molecule has 0 fully saturated rings. The van der Waals surface area contributed by atoms with E-state index >= 15 is 0 Å². The van der Waals surface area contributed by atoms with Gasteiger partial charge in [-0.15, -0.1) is 10.2 Å². The van der Waals surface area contributed by atoms with Crippen LogP contribution in [0.2, 0.25) is 0 Å². The van der Waals surface area contributed by atoms with Crippen LogP contribution < -0.4 is 0 Å². The summed E-state index contributed by atoms with van der Waals surface area (Å²) in [6.45, 7) is 0. The molecule has 1 N–H and O–H groups in total. The lowest BCUT2D eigenvalue weighted by Crippen LogP contribution is -2.04. The quantitative estimate of drug-likeness (QED) is 0.762. The Balaban J connectivity index is 2.39. The summed E-state index contributed by atoms with van der Waals surface area (Å²) < 4.78 is 25.8. The van der Waals surface area contributed by atoms with Crippen LogP contribution in [-0.2, 0) is 16.9 Å². The summed E-state index contributed by atoms with van der Waals surface area (Å²) in [4.78, 5) is 0.155. The first-order valence-corrected chi connectivity index (χ1v) is 7.93. The number of tetrazole rings is 1. The van der Waals surface area contributed by atoms with E-state index in [2.05, 4.69) is 25.7 Å². The topological polar surface area (TPSA) is 106 Å². The van der Waals surface area contributed by atoms with E-state index in [4.69, 9.17) is 0 Å². The normalized spacial score (nSPS) is 11.7. The summed E-state index contributed by atoms with van der Waals surface area (Å²) in [6, 6.07) is 6.81. The first kappa shape index (κ1) is 13.4. The van der Waals surface area contributed by atoms with E-state index in [0.717, 1.165) is 11.9 Å². The van der Waals surface area contributed by atoms with Gasteiger partial charge >= 0.3 is 0 Å². The molecule has 0 bridgehead atoms. The number of aromatic amines is 1. The molecule has 0 amide bonds. The summed E-state index contributed by atoms with van der Waals surface area (Å²) in [5.41, 5.74) is 1.86. The molecule has 0 aliphatic heterocycles. The Morgan fingerprint density at radius 3 is 2.62 bits per heavy atom. The number of nitrogens with zero attached hydrogens (tertiary/aromatic N) is 5. The standard InChI is InChI=1S/C12H12N6O2S/c1-18-9(6-7-13-18)8-4-3-5-10(21(2,19)20)11(8)12-14-16-17-15-12/h3-7H,1-2H3,(H,14,15,16,17). The molecule has 0 atom stereocenters. The number of benzene rings is 1. The molecule has 21 heavy (non-hydrogen) atoms. The Labute approximate surface area is 120 Å². The van der Waals surface area contributed by atoms with Crippen LogP contribution in [0, 0.1) is 0 Å². The Bertz CT molecular complexity index is 882. The highest BCUT2D eigenvalue weighted by Gasteiger charge is 2.22. The lowest BCUT2D eigenvalue weighted by molar-refractivity contribution is 0.602. The summed E-state index contributed by atoms with van der Waals surface area (Å²) in [6.07, 6.45) is 2.79. The molecule has 0 spiro atoms. The van der Waals surface area contributed by atoms with Crippen LogP contribution >= 0.6 is 0 Å². The van der Waals surface area contributed by atoms with Crippen LogP contribution in [0.15, 0.2) is 35.4 Å². The molecule has 108 valence electrons. The van der Waals surface area contributed by atoms with Gasteiger partial charge in [-0.05, 0) is 17.3 Å². The van der Waals surface area contributed by atoms with E-state index in [9.17, 15) is 8.42 Å². The molecule has 0 unspecified atom stereocenters. The minimum Gasteiger partial charge on any atom is -0.268 e. The fourth-order valence-corrected chi connectivity index (χ4v) is 3.09. The number of H-pyrrole nitrogens is 1. The van der Waals surface area contributed by atoms with Gasteiger partial charge in [0, 0.05) is 25.1 Å². The molecular formula is C12H12N6O2S. The number of nitrogens with one attached hydrogen (secondary N) is 1. The Kier molecular flexibility index (Phi) is 3.05. The maximum absolute atomic E-state index is 12.0. The van der Waals surface area contributed by atoms with Crippen molar-refractivity contribution < 1.29 is 8.42 Å². The molecule has 0 saturated carbocycles. The highest BCUT2D eigenvalue weighted by Crippen LogP contribution is 2.34. The molecule has 9 heteroatoms. The SMILES string of the molecule is Cn1nccc1-c1cccc(S(C)(=O)=O)c1-c1nn[nH]n1. The lowest BCUT2D eigenvalue weighted by atomic mass is 10.0. The highest BCUT2D eigenvalue weighted by atomic mass is 32.2. The van der Waals surface area contributed by atoms with E-state index in [1.807, 2.05) is 0 Å². The fraction of sp³-hybridized carbons (Fsp3) is 0.167. The van der Waals surface area contributed by atoms with Crippen molar-refractivity contribution in [2.75, 3.05) is 6.26 Å². The smallest absolute Gasteiger partial charge is 0.206 e. The van der Waals surface area contributed by atoms with Crippen LogP contribution in [0.5, 0.6) is 0 Å². The number of hydrogen-bond donors (Lipinski definition) is 1. The molecule has 1 aromatic carbocycles. The van der Waals surface area contributed by atoms with Gasteiger partial charge in [0.2, 0.25) is 5.82 Å². The fourth-order valence-electron chi connectivity index (χ4n) is 2.19. The van der Waals surface area contributed by atoms with Crippen LogP contribution in [0.4, 0.5) is 0 Å². The van der Waals surface area contributed by atoms with Crippen molar-refractivity contribution in [2.24, 2.45) is 7.05 Å². The van der Waals surface area contributed by atoms with E-state index in [0.29, 0.717) is 11.1 Å². The zero-order valence-corrected chi connectivity index (χ0v) is 12.2. The van der Waals surface area contributed by atoms with Crippen LogP contribution in [0.1, 0.15) is 0 Å². The summed E-state index contributed by atoms with van der Waals surface area (Å²) in [5, 5.41) is 17.8. The van der Waals surface area contributed by atoms with Gasteiger partial charge in [0.15, 0.2) is 9.84 Å². The second-order valence-electron chi connectivity index (χ2n) is 4.53. The van der Waals surface area contributed by atoms with Crippen LogP contribution in [0.25, 0.3) is 22.6 Å². The third-order valence-electron chi connectivity index (χ3n) is 3.09. The molecule has 2 aromatic heterocycles. The van der Waals surface area contributed by atoms with Crippen LogP contribution in [-0.4, -0.2) is 45.1 Å². The number of sulfone groups is 1. The minimum absolute atomic E-state index is 0.155. The number of aromatic nitrogens is 6. The number of aryl methyl sites for hydroxylation is 1. The van der Waals surface area contributed by atoms with Gasteiger partial charge in [0.05, 0.1) is 16.2 Å². The van der Waals surface area contributed by atoms with Crippen molar-refractivity contribution in [2.45, 2.75) is 4.90 Å². The predicted octanol–water partition coefficient (Wildman–Crippen LogP) is 0.671. The van der Waals surface area contributed by atoms with Crippen molar-refractivity contribution in [3.05, 3.63) is 30.5 Å². The average Bonchev–Trinajstić information content (AvgIpc) is 3.07. The van der Waals surface area contributed by atoms with Crippen molar-refractivity contribution in [3.63, 3.8) is 0 Å². The van der Waals surface area contributed by atoms with E-state index in [1.54, 1.807) is 36.1 Å². The number of rotatable bonds is 3. The maximum atomic E-state index is 12.0. The van der Waals surface area contributed by atoms with Crippen molar-refractivity contribution in [3.8, 4) is 22.6 Å². The molecule has 3 aromatic rings. The molecule has 2 heterocycles. The Hall–Kier alpha value is -2.55. The van der Waals surface area contributed by atoms with Gasteiger partial charge < -0.3 is 0 Å². The molecule has 0 saturated heterocycles. The highest BCUT2D eigenvalue weighted by molar-refractivity contribution is 7.90. The number of hydrogen-bond acceptors (Lipinski definition) is 6. The molecule has 0 aliphatic carbocycles. The van der Waals surface area contributed by atoms with Gasteiger partial charge in [0.25, 0.3) is 0 Å². The Morgan fingerprint density at radius 2 is 2.05 bits per heavy atom. The largest absolute Gasteiger partial charge is 0.268 e. The lowest BCUT2D eigenvalue weighted by Gasteiger charge is -2.11. The zero-order chi connectivity index (χ0) is 15.0. The van der Waals surface area contributed by atoms with Gasteiger partial charge in [-0.2, -0.15) is 10.3 Å². The van der Waals surface area contributed by atoms with Gasteiger partial charge in [-0.3, -0.25) is 4.68 Å². The summed E-state index contributed by atoms with van der Waals surface area (Å²) in [7, 11) is -1.66. The first-order valence-electron chi connectivity index (χ1n) is 6.04. The molecule has 3 rings (SSSR count). The molecule has 0 radical (unpaired) electrons. The Morgan fingerprint density at radius 1 is 1.24 bits per heavy atom. The third-order valence-corrected chi connectivity index (χ3v) is 4.23. The average molecular weight is 304 g/mol. The summed E-state index contributed by atoms with van der Waals surface area (Å²) >= 11 is 0. The predicted molar refractivity (Wildman–Crippen MR) is 74.9 cm³/mol. The second kappa shape index (κ2) is 4.77. The van der Waals surface area contributed by atoms with E-state index in [1.165, 1.54) is 6.07 Å². The molecule has 8 nitrogen and oxygen atoms in total. The first-order chi connectivity index (χ1) is 9.98. The van der Waals surface area contributed by atoms with Crippen molar-refractivity contribution in [1.29, 1.82) is 0 Å². The van der Waals surface area contributed by atoms with Gasteiger partial charge in [-0.1, -0.05) is 12.1 Å². The maximum Gasteiger partial charge on any atom is 0.206 e. The zero-order valence-electron chi connectivity index (χ0n) is 11.3. The van der Waals surface area contributed by atoms with Crippen molar-refractivity contribution in [1.82, 2.24) is 30.4 Å². The molecule has 0 aliphatic rings. The monoisotopic (exact) mass is 304 g/mol. The van der Waals surface area contributed by atoms with E-state index < -0.39 is 9.84 Å².